The number of hydrogen-bond acceptors (Lipinski definition) is 4. The molecule has 1 heterocycles. The predicted molar refractivity (Wildman–Crippen MR) is 79.5 cm³/mol. The zero-order chi connectivity index (χ0) is 14.7. The highest BCUT2D eigenvalue weighted by Crippen LogP contribution is 2.30. The fourth-order valence-electron chi connectivity index (χ4n) is 1.64. The third-order valence-electron chi connectivity index (χ3n) is 2.52. The van der Waals surface area contributed by atoms with Crippen LogP contribution in [0.1, 0.15) is 18.9 Å². The lowest BCUT2D eigenvalue weighted by molar-refractivity contribution is 0.550. The SMILES string of the molecule is CC(C)CNCc1nnc(-c2c(F)cc(Br)cc2F)s1. The number of nitrogens with zero attached hydrogens (tertiary/aromatic N) is 2. The van der Waals surface area contributed by atoms with Crippen LogP contribution in [0.2, 0.25) is 0 Å². The number of benzene rings is 1. The molecule has 1 N–H and O–H groups in total. The van der Waals surface area contributed by atoms with Crippen LogP contribution in [-0.2, 0) is 6.54 Å². The van der Waals surface area contributed by atoms with Crippen LogP contribution in [0.3, 0.4) is 0 Å². The van der Waals surface area contributed by atoms with Gasteiger partial charge in [0.05, 0.1) is 5.56 Å². The Balaban J connectivity index is 2.17. The predicted octanol–water partition coefficient (Wildman–Crippen LogP) is 3.99. The van der Waals surface area contributed by atoms with E-state index in [1.54, 1.807) is 0 Å². The fourth-order valence-corrected chi connectivity index (χ4v) is 2.90. The highest BCUT2D eigenvalue weighted by molar-refractivity contribution is 9.10. The van der Waals surface area contributed by atoms with E-state index in [2.05, 4.69) is 45.3 Å². The van der Waals surface area contributed by atoms with Crippen molar-refractivity contribution in [3.05, 3.63) is 33.2 Å². The van der Waals surface area contributed by atoms with Crippen LogP contribution in [0.15, 0.2) is 16.6 Å². The van der Waals surface area contributed by atoms with Gasteiger partial charge in [0.15, 0.2) is 5.01 Å². The number of aromatic nitrogens is 2. The Bertz CT molecular complexity index is 578. The lowest BCUT2D eigenvalue weighted by Crippen LogP contribution is -2.18. The van der Waals surface area contributed by atoms with Gasteiger partial charge in [-0.25, -0.2) is 8.78 Å². The smallest absolute Gasteiger partial charge is 0.153 e. The molecule has 2 aromatic rings. The average molecular weight is 362 g/mol. The molecule has 0 fully saturated rings. The van der Waals surface area contributed by atoms with Crippen molar-refractivity contribution in [1.82, 2.24) is 15.5 Å². The first kappa shape index (κ1) is 15.5. The van der Waals surface area contributed by atoms with Gasteiger partial charge in [0.2, 0.25) is 0 Å². The van der Waals surface area contributed by atoms with E-state index >= 15 is 0 Å². The minimum absolute atomic E-state index is 0.124. The molecule has 0 unspecified atom stereocenters. The van der Waals surface area contributed by atoms with Crippen molar-refractivity contribution in [3.63, 3.8) is 0 Å². The van der Waals surface area contributed by atoms with Crippen molar-refractivity contribution in [2.75, 3.05) is 6.54 Å². The third kappa shape index (κ3) is 3.80. The maximum absolute atomic E-state index is 13.8. The first-order valence-corrected chi connectivity index (χ1v) is 7.76. The van der Waals surface area contributed by atoms with E-state index in [0.29, 0.717) is 21.9 Å². The topological polar surface area (TPSA) is 37.8 Å². The van der Waals surface area contributed by atoms with E-state index < -0.39 is 11.6 Å². The summed E-state index contributed by atoms with van der Waals surface area (Å²) in [6, 6.07) is 2.44. The monoisotopic (exact) mass is 361 g/mol. The van der Waals surface area contributed by atoms with E-state index in [1.807, 2.05) is 0 Å². The molecule has 0 amide bonds. The summed E-state index contributed by atoms with van der Waals surface area (Å²) < 4.78 is 28.0. The lowest BCUT2D eigenvalue weighted by atomic mass is 10.2. The summed E-state index contributed by atoms with van der Waals surface area (Å²) in [5.74, 6) is -0.756. The third-order valence-corrected chi connectivity index (χ3v) is 3.91. The van der Waals surface area contributed by atoms with Crippen molar-refractivity contribution in [1.29, 1.82) is 0 Å². The molecule has 0 aliphatic rings. The van der Waals surface area contributed by atoms with E-state index in [-0.39, 0.29) is 10.6 Å². The Hall–Kier alpha value is -0.920. The van der Waals surface area contributed by atoms with Crippen LogP contribution in [0.4, 0.5) is 8.78 Å². The van der Waals surface area contributed by atoms with Crippen LogP contribution < -0.4 is 5.32 Å². The van der Waals surface area contributed by atoms with Crippen molar-refractivity contribution < 1.29 is 8.78 Å². The van der Waals surface area contributed by atoms with Gasteiger partial charge in [-0.3, -0.25) is 0 Å². The van der Waals surface area contributed by atoms with Gasteiger partial charge < -0.3 is 5.32 Å². The summed E-state index contributed by atoms with van der Waals surface area (Å²) in [6.45, 7) is 5.61. The Morgan fingerprint density at radius 1 is 1.25 bits per heavy atom. The average Bonchev–Trinajstić information content (AvgIpc) is 2.75. The van der Waals surface area contributed by atoms with Gasteiger partial charge in [-0.05, 0) is 24.6 Å². The summed E-state index contributed by atoms with van der Waals surface area (Å²) in [7, 11) is 0. The summed E-state index contributed by atoms with van der Waals surface area (Å²) in [6.07, 6.45) is 0. The second-order valence-corrected chi connectivity index (χ2v) is 6.75. The molecule has 108 valence electrons. The molecule has 0 saturated heterocycles. The number of halogens is 3. The van der Waals surface area contributed by atoms with E-state index in [4.69, 9.17) is 0 Å². The fraction of sp³-hybridized carbons (Fsp3) is 0.385. The molecule has 0 bridgehead atoms. The van der Waals surface area contributed by atoms with Crippen LogP contribution in [0, 0.1) is 17.6 Å². The van der Waals surface area contributed by atoms with Crippen LogP contribution >= 0.6 is 27.3 Å². The first-order valence-electron chi connectivity index (χ1n) is 6.15. The molecular weight excluding hydrogens is 348 g/mol. The molecule has 1 aromatic heterocycles. The molecule has 3 nitrogen and oxygen atoms in total. The van der Waals surface area contributed by atoms with Gasteiger partial charge in [-0.2, -0.15) is 0 Å². The molecule has 0 spiro atoms. The number of nitrogens with one attached hydrogen (secondary N) is 1. The summed E-state index contributed by atoms with van der Waals surface area (Å²) in [5.41, 5.74) is -0.124. The van der Waals surface area contributed by atoms with Gasteiger partial charge in [-0.1, -0.05) is 41.1 Å². The number of rotatable bonds is 5. The second kappa shape index (κ2) is 6.69. The molecule has 0 radical (unpaired) electrons. The zero-order valence-electron chi connectivity index (χ0n) is 11.1. The minimum atomic E-state index is -0.644. The second-order valence-electron chi connectivity index (χ2n) is 4.77. The first-order chi connectivity index (χ1) is 9.47. The Morgan fingerprint density at radius 3 is 2.50 bits per heavy atom. The summed E-state index contributed by atoms with van der Waals surface area (Å²) in [5, 5.41) is 12.0. The quantitative estimate of drug-likeness (QED) is 0.874. The van der Waals surface area contributed by atoms with Crippen molar-refractivity contribution >= 4 is 27.3 Å². The largest absolute Gasteiger partial charge is 0.310 e. The Morgan fingerprint density at radius 2 is 1.90 bits per heavy atom. The highest BCUT2D eigenvalue weighted by Gasteiger charge is 2.17. The molecule has 0 atom stereocenters. The Labute approximate surface area is 128 Å². The van der Waals surface area contributed by atoms with Gasteiger partial charge in [0, 0.05) is 11.0 Å². The lowest BCUT2D eigenvalue weighted by Gasteiger charge is -2.04. The van der Waals surface area contributed by atoms with Crippen LogP contribution in [0.25, 0.3) is 10.6 Å². The molecule has 7 heteroatoms. The summed E-state index contributed by atoms with van der Waals surface area (Å²) >= 11 is 4.24. The normalized spacial score (nSPS) is 11.3. The molecule has 0 aliphatic heterocycles. The maximum atomic E-state index is 13.8. The molecule has 0 saturated carbocycles. The minimum Gasteiger partial charge on any atom is -0.310 e. The van der Waals surface area contributed by atoms with E-state index in [0.717, 1.165) is 6.54 Å². The Kier molecular flexibility index (Phi) is 5.17. The molecular formula is C13H14BrF2N3S. The molecule has 1 aromatic carbocycles. The zero-order valence-corrected chi connectivity index (χ0v) is 13.5. The van der Waals surface area contributed by atoms with Crippen molar-refractivity contribution in [2.45, 2.75) is 20.4 Å². The van der Waals surface area contributed by atoms with Gasteiger partial charge in [0.25, 0.3) is 0 Å². The van der Waals surface area contributed by atoms with Gasteiger partial charge in [0.1, 0.15) is 16.6 Å². The van der Waals surface area contributed by atoms with Crippen molar-refractivity contribution in [2.24, 2.45) is 5.92 Å². The standard InChI is InChI=1S/C13H14BrF2N3S/c1-7(2)5-17-6-11-18-19-13(20-11)12-9(15)3-8(14)4-10(12)16/h3-4,7,17H,5-6H2,1-2H3. The van der Waals surface area contributed by atoms with Crippen LogP contribution in [-0.4, -0.2) is 16.7 Å². The van der Waals surface area contributed by atoms with Crippen molar-refractivity contribution in [3.8, 4) is 10.6 Å². The molecule has 0 aliphatic carbocycles. The van der Waals surface area contributed by atoms with Gasteiger partial charge in [-0.15, -0.1) is 10.2 Å². The molecule has 2 rings (SSSR count). The van der Waals surface area contributed by atoms with E-state index in [9.17, 15) is 8.78 Å². The van der Waals surface area contributed by atoms with E-state index in [1.165, 1.54) is 23.5 Å². The van der Waals surface area contributed by atoms with Crippen LogP contribution in [0.5, 0.6) is 0 Å². The molecule has 20 heavy (non-hydrogen) atoms. The summed E-state index contributed by atoms with van der Waals surface area (Å²) in [4.78, 5) is 0. The number of hydrogen-bond donors (Lipinski definition) is 1. The maximum Gasteiger partial charge on any atom is 0.153 e. The highest BCUT2D eigenvalue weighted by atomic mass is 79.9. The van der Waals surface area contributed by atoms with Gasteiger partial charge >= 0.3 is 0 Å².